The summed E-state index contributed by atoms with van der Waals surface area (Å²) in [4.78, 5) is 4.48. The number of nitrogens with one attached hydrogen (secondary N) is 1. The number of anilines is 1. The molecule has 0 aliphatic carbocycles. The molecule has 0 aliphatic heterocycles. The molecule has 1 aromatic heterocycles. The number of hydrogen-bond donors (Lipinski definition) is 1. The van der Waals surface area contributed by atoms with Crippen molar-refractivity contribution in [2.24, 2.45) is 5.41 Å². The molecule has 98 valence electrons. The third kappa shape index (κ3) is 5.22. The van der Waals surface area contributed by atoms with E-state index < -0.39 is 0 Å². The van der Waals surface area contributed by atoms with E-state index in [4.69, 9.17) is 4.74 Å². The normalized spacial score (nSPS) is 11.8. The molecule has 0 radical (unpaired) electrons. The van der Waals surface area contributed by atoms with Gasteiger partial charge < -0.3 is 14.6 Å². The van der Waals surface area contributed by atoms with Gasteiger partial charge >= 0.3 is 0 Å². The molecule has 0 saturated heterocycles. The Balaban J connectivity index is 2.57. The minimum absolute atomic E-state index is 0.349. The van der Waals surface area contributed by atoms with E-state index in [0.29, 0.717) is 12.0 Å². The Kier molecular flexibility index (Phi) is 5.00. The van der Waals surface area contributed by atoms with Gasteiger partial charge in [0.25, 0.3) is 0 Å². The topological polar surface area (TPSA) is 39.1 Å². The van der Waals surface area contributed by atoms with Gasteiger partial charge in [0, 0.05) is 26.4 Å². The summed E-state index contributed by atoms with van der Waals surface area (Å²) in [6.07, 6.45) is 3.24. The second-order valence-electron chi connectivity index (χ2n) is 5.63. The van der Waals surface area contributed by atoms with Crippen LogP contribution in [0.2, 0.25) is 0 Å². The summed E-state index contributed by atoms with van der Waals surface area (Å²) in [7, 11) is 1.71. The van der Waals surface area contributed by atoms with Crippen molar-refractivity contribution in [2.45, 2.75) is 40.7 Å². The van der Waals surface area contributed by atoms with Gasteiger partial charge in [-0.3, -0.25) is 0 Å². The predicted molar refractivity (Wildman–Crippen MR) is 71.4 cm³/mol. The van der Waals surface area contributed by atoms with Crippen molar-refractivity contribution >= 4 is 5.95 Å². The fourth-order valence-corrected chi connectivity index (χ4v) is 1.58. The lowest BCUT2D eigenvalue weighted by atomic mass is 9.92. The van der Waals surface area contributed by atoms with Crippen LogP contribution in [0.1, 0.15) is 32.9 Å². The second kappa shape index (κ2) is 6.05. The number of aryl methyl sites for hydroxylation is 2. The minimum Gasteiger partial charge on any atom is -0.383 e. The fourth-order valence-electron chi connectivity index (χ4n) is 1.58. The first-order valence-corrected chi connectivity index (χ1v) is 6.19. The zero-order chi connectivity index (χ0) is 12.9. The van der Waals surface area contributed by atoms with Crippen LogP contribution in [0.4, 0.5) is 5.95 Å². The first-order chi connectivity index (χ1) is 7.92. The Morgan fingerprint density at radius 1 is 1.41 bits per heavy atom. The number of ether oxygens (including phenoxy) is 1. The van der Waals surface area contributed by atoms with Crippen LogP contribution in [0.25, 0.3) is 0 Å². The molecule has 1 heterocycles. The highest BCUT2D eigenvalue weighted by molar-refractivity contribution is 5.28. The van der Waals surface area contributed by atoms with Gasteiger partial charge in [-0.2, -0.15) is 0 Å². The molecule has 0 atom stereocenters. The molecular formula is C13H25N3O. The number of hydrogen-bond acceptors (Lipinski definition) is 3. The van der Waals surface area contributed by atoms with E-state index in [1.807, 2.05) is 6.92 Å². The molecule has 0 bridgehead atoms. The lowest BCUT2D eigenvalue weighted by molar-refractivity contribution is 0.210. The van der Waals surface area contributed by atoms with Crippen molar-refractivity contribution in [1.82, 2.24) is 9.55 Å². The van der Waals surface area contributed by atoms with Gasteiger partial charge in [0.1, 0.15) is 0 Å². The molecule has 0 spiro atoms. The number of imidazole rings is 1. The molecular weight excluding hydrogens is 214 g/mol. The lowest BCUT2D eigenvalue weighted by Gasteiger charge is -2.19. The van der Waals surface area contributed by atoms with E-state index >= 15 is 0 Å². The van der Waals surface area contributed by atoms with Crippen molar-refractivity contribution in [3.05, 3.63) is 11.9 Å². The van der Waals surface area contributed by atoms with Gasteiger partial charge in [-0.15, -0.1) is 0 Å². The molecule has 0 fully saturated rings. The number of rotatable bonds is 6. The highest BCUT2D eigenvalue weighted by atomic mass is 16.5. The molecule has 0 amide bonds. The van der Waals surface area contributed by atoms with Crippen molar-refractivity contribution in [2.75, 3.05) is 25.6 Å². The zero-order valence-corrected chi connectivity index (χ0v) is 11.7. The van der Waals surface area contributed by atoms with Crippen molar-refractivity contribution in [1.29, 1.82) is 0 Å². The molecule has 0 saturated carbocycles. The van der Waals surface area contributed by atoms with Crippen LogP contribution in [-0.4, -0.2) is 29.8 Å². The zero-order valence-electron chi connectivity index (χ0n) is 11.7. The van der Waals surface area contributed by atoms with Crippen molar-refractivity contribution < 1.29 is 4.74 Å². The molecule has 4 heteroatoms. The third-order valence-corrected chi connectivity index (χ3v) is 2.59. The van der Waals surface area contributed by atoms with Crippen LogP contribution in [-0.2, 0) is 11.3 Å². The lowest BCUT2D eigenvalue weighted by Crippen LogP contribution is -2.15. The van der Waals surface area contributed by atoms with Gasteiger partial charge in [-0.1, -0.05) is 20.8 Å². The largest absolute Gasteiger partial charge is 0.383 e. The fraction of sp³-hybridized carbons (Fsp3) is 0.769. The molecule has 1 N–H and O–H groups in total. The molecule has 1 rings (SSSR count). The highest BCUT2D eigenvalue weighted by Crippen LogP contribution is 2.21. The summed E-state index contributed by atoms with van der Waals surface area (Å²) in [6, 6.07) is 0. The Morgan fingerprint density at radius 3 is 2.71 bits per heavy atom. The van der Waals surface area contributed by atoms with Crippen LogP contribution in [0.5, 0.6) is 0 Å². The minimum atomic E-state index is 0.349. The molecule has 17 heavy (non-hydrogen) atoms. The quantitative estimate of drug-likeness (QED) is 0.776. The van der Waals surface area contributed by atoms with E-state index in [2.05, 4.69) is 41.8 Å². The summed E-state index contributed by atoms with van der Waals surface area (Å²) >= 11 is 0. The summed E-state index contributed by atoms with van der Waals surface area (Å²) in [5, 5.41) is 3.30. The Labute approximate surface area is 104 Å². The average Bonchev–Trinajstić information content (AvgIpc) is 2.56. The second-order valence-corrected chi connectivity index (χ2v) is 5.63. The van der Waals surface area contributed by atoms with E-state index in [1.165, 1.54) is 0 Å². The van der Waals surface area contributed by atoms with Crippen LogP contribution < -0.4 is 5.32 Å². The number of nitrogens with zero attached hydrogens (tertiary/aromatic N) is 2. The molecule has 0 aromatic carbocycles. The van der Waals surface area contributed by atoms with Crippen molar-refractivity contribution in [3.63, 3.8) is 0 Å². The standard InChI is InChI=1S/C13H25N3O/c1-11-10-16(8-6-13(2,3)4)12(15-11)14-7-9-17-5/h10H,6-9H2,1-5H3,(H,14,15). The first kappa shape index (κ1) is 14.0. The van der Waals surface area contributed by atoms with E-state index in [1.54, 1.807) is 7.11 Å². The molecule has 0 unspecified atom stereocenters. The van der Waals surface area contributed by atoms with E-state index in [-0.39, 0.29) is 0 Å². The third-order valence-electron chi connectivity index (χ3n) is 2.59. The maximum atomic E-state index is 5.02. The van der Waals surface area contributed by atoms with Gasteiger partial charge in [0.2, 0.25) is 5.95 Å². The number of aromatic nitrogens is 2. The monoisotopic (exact) mass is 239 g/mol. The molecule has 4 nitrogen and oxygen atoms in total. The van der Waals surface area contributed by atoms with E-state index in [0.717, 1.165) is 31.2 Å². The Morgan fingerprint density at radius 2 is 2.12 bits per heavy atom. The van der Waals surface area contributed by atoms with Gasteiger partial charge in [-0.25, -0.2) is 4.98 Å². The maximum absolute atomic E-state index is 5.02. The van der Waals surface area contributed by atoms with Gasteiger partial charge in [0.05, 0.1) is 12.3 Å². The van der Waals surface area contributed by atoms with Crippen LogP contribution in [0.3, 0.4) is 0 Å². The maximum Gasteiger partial charge on any atom is 0.203 e. The van der Waals surface area contributed by atoms with Crippen molar-refractivity contribution in [3.8, 4) is 0 Å². The SMILES string of the molecule is COCCNc1nc(C)cn1CCC(C)(C)C. The smallest absolute Gasteiger partial charge is 0.203 e. The van der Waals surface area contributed by atoms with Crippen LogP contribution in [0.15, 0.2) is 6.20 Å². The van der Waals surface area contributed by atoms with E-state index in [9.17, 15) is 0 Å². The van der Waals surface area contributed by atoms with Gasteiger partial charge in [0.15, 0.2) is 0 Å². The molecule has 0 aliphatic rings. The van der Waals surface area contributed by atoms with Crippen LogP contribution in [0, 0.1) is 12.3 Å². The Hall–Kier alpha value is -1.03. The predicted octanol–water partition coefficient (Wildman–Crippen LogP) is 2.69. The summed E-state index contributed by atoms with van der Waals surface area (Å²) in [5.41, 5.74) is 1.40. The molecule has 1 aromatic rings. The van der Waals surface area contributed by atoms with Gasteiger partial charge in [-0.05, 0) is 18.8 Å². The highest BCUT2D eigenvalue weighted by Gasteiger charge is 2.12. The summed E-state index contributed by atoms with van der Waals surface area (Å²) in [6.45, 7) is 11.3. The Bertz CT molecular complexity index is 339. The average molecular weight is 239 g/mol. The summed E-state index contributed by atoms with van der Waals surface area (Å²) in [5.74, 6) is 0.948. The first-order valence-electron chi connectivity index (χ1n) is 6.19. The summed E-state index contributed by atoms with van der Waals surface area (Å²) < 4.78 is 7.22. The number of methoxy groups -OCH3 is 1. The van der Waals surface area contributed by atoms with Crippen LogP contribution >= 0.6 is 0 Å².